The third kappa shape index (κ3) is 4.60. The molecule has 0 bridgehead atoms. The molecule has 86 valence electrons. The maximum Gasteiger partial charge on any atom is 0.202 e. The van der Waals surface area contributed by atoms with Gasteiger partial charge in [0.05, 0.1) is 0 Å². The molecule has 1 aromatic rings. The molecule has 0 unspecified atom stereocenters. The van der Waals surface area contributed by atoms with Gasteiger partial charge < -0.3 is 5.32 Å². The molecule has 3 nitrogen and oxygen atoms in total. The van der Waals surface area contributed by atoms with Crippen molar-refractivity contribution in [2.24, 2.45) is 5.41 Å². The van der Waals surface area contributed by atoms with Gasteiger partial charge in [-0.05, 0) is 32.6 Å². The van der Waals surface area contributed by atoms with E-state index in [0.29, 0.717) is 5.41 Å². The zero-order valence-electron chi connectivity index (χ0n) is 10.5. The maximum absolute atomic E-state index is 4.32. The average molecular weight is 227 g/mol. The summed E-state index contributed by atoms with van der Waals surface area (Å²) in [6.45, 7) is 13.1. The lowest BCUT2D eigenvalue weighted by Gasteiger charge is -2.33. The summed E-state index contributed by atoms with van der Waals surface area (Å²) in [5.74, 6) is 0.842. The van der Waals surface area contributed by atoms with Crippen LogP contribution in [-0.2, 0) is 0 Å². The number of nitrogens with one attached hydrogen (secondary N) is 1. The summed E-state index contributed by atoms with van der Waals surface area (Å²) in [5.41, 5.74) is 0.375. The second-order valence-electron chi connectivity index (χ2n) is 5.89. The summed E-state index contributed by atoms with van der Waals surface area (Å²) in [6, 6.07) is 0. The molecule has 0 saturated heterocycles. The topological polar surface area (TPSA) is 37.8 Å². The lowest BCUT2D eigenvalue weighted by atomic mass is 9.82. The van der Waals surface area contributed by atoms with Crippen LogP contribution in [0.1, 0.15) is 46.9 Å². The summed E-state index contributed by atoms with van der Waals surface area (Å²) in [4.78, 5) is 4.32. The number of hydrogen-bond donors (Lipinski definition) is 1. The SMILES string of the molecule is Cc1nsc(NC(C)(C)CC(C)(C)C)n1. The van der Waals surface area contributed by atoms with Crippen LogP contribution in [0.4, 0.5) is 5.13 Å². The molecule has 0 aliphatic rings. The molecule has 0 aliphatic carbocycles. The maximum atomic E-state index is 4.32. The molecule has 0 amide bonds. The first kappa shape index (κ1) is 12.4. The molecular formula is C11H21N3S. The molecule has 0 aromatic carbocycles. The summed E-state index contributed by atoms with van der Waals surface area (Å²) >= 11 is 1.43. The fraction of sp³-hybridized carbons (Fsp3) is 0.818. The smallest absolute Gasteiger partial charge is 0.202 e. The molecule has 4 heteroatoms. The van der Waals surface area contributed by atoms with Crippen molar-refractivity contribution in [3.8, 4) is 0 Å². The largest absolute Gasteiger partial charge is 0.355 e. The summed E-state index contributed by atoms with van der Waals surface area (Å²) in [6.07, 6.45) is 1.10. The van der Waals surface area contributed by atoms with Crippen molar-refractivity contribution in [3.05, 3.63) is 5.82 Å². The van der Waals surface area contributed by atoms with Crippen molar-refractivity contribution in [2.45, 2.75) is 53.5 Å². The number of hydrogen-bond acceptors (Lipinski definition) is 4. The van der Waals surface area contributed by atoms with Crippen LogP contribution in [0.5, 0.6) is 0 Å². The number of anilines is 1. The third-order valence-corrected chi connectivity index (χ3v) is 2.67. The van der Waals surface area contributed by atoms with Crippen LogP contribution in [0.25, 0.3) is 0 Å². The zero-order chi connectivity index (χ0) is 11.7. The van der Waals surface area contributed by atoms with Crippen molar-refractivity contribution in [1.82, 2.24) is 9.36 Å². The third-order valence-electron chi connectivity index (χ3n) is 1.95. The fourth-order valence-corrected chi connectivity index (χ4v) is 2.76. The molecule has 0 atom stereocenters. The highest BCUT2D eigenvalue weighted by molar-refractivity contribution is 7.09. The van der Waals surface area contributed by atoms with Crippen molar-refractivity contribution in [2.75, 3.05) is 5.32 Å². The van der Waals surface area contributed by atoms with E-state index in [0.717, 1.165) is 17.4 Å². The van der Waals surface area contributed by atoms with Gasteiger partial charge >= 0.3 is 0 Å². The normalized spacial score (nSPS) is 12.9. The highest BCUT2D eigenvalue weighted by Gasteiger charge is 2.26. The average Bonchev–Trinajstić information content (AvgIpc) is 2.27. The second kappa shape index (κ2) is 4.08. The van der Waals surface area contributed by atoms with Gasteiger partial charge in [-0.25, -0.2) is 4.98 Å². The number of aromatic nitrogens is 2. The molecule has 0 radical (unpaired) electrons. The Kier molecular flexibility index (Phi) is 3.38. The lowest BCUT2D eigenvalue weighted by molar-refractivity contribution is 0.302. The second-order valence-corrected chi connectivity index (χ2v) is 6.64. The Bertz CT molecular complexity index is 323. The van der Waals surface area contributed by atoms with E-state index in [-0.39, 0.29) is 5.54 Å². The standard InChI is InChI=1S/C11H21N3S/c1-8-12-9(15-14-8)13-11(5,6)7-10(2,3)4/h7H2,1-6H3,(H,12,13,14). The van der Waals surface area contributed by atoms with Gasteiger partial charge in [-0.3, -0.25) is 0 Å². The highest BCUT2D eigenvalue weighted by Crippen LogP contribution is 2.29. The first-order valence-corrected chi connectivity index (χ1v) is 6.04. The van der Waals surface area contributed by atoms with Gasteiger partial charge in [0.15, 0.2) is 0 Å². The van der Waals surface area contributed by atoms with Gasteiger partial charge in [-0.2, -0.15) is 4.37 Å². The molecule has 1 heterocycles. The quantitative estimate of drug-likeness (QED) is 0.859. The zero-order valence-corrected chi connectivity index (χ0v) is 11.3. The molecule has 1 rings (SSSR count). The van der Waals surface area contributed by atoms with Gasteiger partial charge in [-0.1, -0.05) is 20.8 Å². The Morgan fingerprint density at radius 2 is 1.80 bits per heavy atom. The van der Waals surface area contributed by atoms with E-state index in [1.807, 2.05) is 6.92 Å². The van der Waals surface area contributed by atoms with Crippen molar-refractivity contribution in [3.63, 3.8) is 0 Å². The van der Waals surface area contributed by atoms with Crippen LogP contribution >= 0.6 is 11.5 Å². The van der Waals surface area contributed by atoms with E-state index >= 15 is 0 Å². The van der Waals surface area contributed by atoms with E-state index in [2.05, 4.69) is 49.3 Å². The number of rotatable bonds is 3. The predicted octanol–water partition coefficient (Wildman–Crippen LogP) is 3.47. The van der Waals surface area contributed by atoms with Gasteiger partial charge in [-0.15, -0.1) is 0 Å². The monoisotopic (exact) mass is 227 g/mol. The Balaban J connectivity index is 2.64. The highest BCUT2D eigenvalue weighted by atomic mass is 32.1. The molecule has 0 fully saturated rings. The fourth-order valence-electron chi connectivity index (χ4n) is 2.01. The summed E-state index contributed by atoms with van der Waals surface area (Å²) < 4.78 is 4.17. The van der Waals surface area contributed by atoms with E-state index < -0.39 is 0 Å². The molecule has 1 aromatic heterocycles. The van der Waals surface area contributed by atoms with E-state index in [9.17, 15) is 0 Å². The Hall–Kier alpha value is -0.640. The van der Waals surface area contributed by atoms with E-state index in [4.69, 9.17) is 0 Å². The Labute approximate surface area is 96.5 Å². The van der Waals surface area contributed by atoms with Crippen LogP contribution in [0.2, 0.25) is 0 Å². The first-order valence-electron chi connectivity index (χ1n) is 5.26. The van der Waals surface area contributed by atoms with Crippen molar-refractivity contribution < 1.29 is 0 Å². The van der Waals surface area contributed by atoms with E-state index in [1.165, 1.54) is 11.5 Å². The molecular weight excluding hydrogens is 206 g/mol. The van der Waals surface area contributed by atoms with Crippen molar-refractivity contribution in [1.29, 1.82) is 0 Å². The molecule has 0 saturated carbocycles. The number of nitrogens with zero attached hydrogens (tertiary/aromatic N) is 2. The summed E-state index contributed by atoms with van der Waals surface area (Å²) in [7, 11) is 0. The van der Waals surface area contributed by atoms with E-state index in [1.54, 1.807) is 0 Å². The minimum atomic E-state index is 0.0597. The van der Waals surface area contributed by atoms with Gasteiger partial charge in [0.25, 0.3) is 0 Å². The van der Waals surface area contributed by atoms with Gasteiger partial charge in [0.2, 0.25) is 5.13 Å². The van der Waals surface area contributed by atoms with Gasteiger partial charge in [0, 0.05) is 17.1 Å². The first-order chi connectivity index (χ1) is 6.68. The lowest BCUT2D eigenvalue weighted by Crippen LogP contribution is -2.35. The molecule has 0 aliphatic heterocycles. The van der Waals surface area contributed by atoms with Crippen LogP contribution in [0, 0.1) is 12.3 Å². The summed E-state index contributed by atoms with van der Waals surface area (Å²) in [5, 5.41) is 4.36. The number of aryl methyl sites for hydroxylation is 1. The Morgan fingerprint density at radius 3 is 2.20 bits per heavy atom. The predicted molar refractivity (Wildman–Crippen MR) is 66.4 cm³/mol. The molecule has 15 heavy (non-hydrogen) atoms. The Morgan fingerprint density at radius 1 is 1.20 bits per heavy atom. The van der Waals surface area contributed by atoms with Gasteiger partial charge in [0.1, 0.15) is 5.82 Å². The van der Waals surface area contributed by atoms with Crippen LogP contribution in [0.15, 0.2) is 0 Å². The van der Waals surface area contributed by atoms with Crippen LogP contribution in [-0.4, -0.2) is 14.9 Å². The van der Waals surface area contributed by atoms with Crippen LogP contribution in [0.3, 0.4) is 0 Å². The van der Waals surface area contributed by atoms with Crippen molar-refractivity contribution >= 4 is 16.7 Å². The minimum Gasteiger partial charge on any atom is -0.355 e. The minimum absolute atomic E-state index is 0.0597. The molecule has 0 spiro atoms. The van der Waals surface area contributed by atoms with Crippen LogP contribution < -0.4 is 5.32 Å². The molecule has 1 N–H and O–H groups in total.